The fourth-order valence-electron chi connectivity index (χ4n) is 1.04. The Morgan fingerprint density at radius 3 is 2.75 bits per heavy atom. The van der Waals surface area contributed by atoms with Gasteiger partial charge in [0.2, 0.25) is 5.95 Å². The molecule has 0 aliphatic heterocycles. The Bertz CT molecular complexity index is 410. The van der Waals surface area contributed by atoms with Crippen LogP contribution in [0.1, 0.15) is 29.4 Å². The van der Waals surface area contributed by atoms with Crippen molar-refractivity contribution in [3.63, 3.8) is 0 Å². The number of nitrogens with zero attached hydrogens (tertiary/aromatic N) is 1. The molecule has 0 spiro atoms. The number of nitrogens with two attached hydrogens (primary N) is 1. The lowest BCUT2D eigenvalue weighted by Gasteiger charge is -2.07. The Balaban J connectivity index is 3.15. The molecule has 1 aromatic rings. The van der Waals surface area contributed by atoms with Gasteiger partial charge in [0.15, 0.2) is 5.69 Å². The minimum atomic E-state index is -3.04. The van der Waals surface area contributed by atoms with E-state index in [0.717, 1.165) is 0 Å². The van der Waals surface area contributed by atoms with Crippen molar-refractivity contribution in [1.29, 1.82) is 0 Å². The van der Waals surface area contributed by atoms with E-state index in [1.165, 1.54) is 6.92 Å². The molecule has 0 aromatic carbocycles. The third kappa shape index (κ3) is 2.41. The normalized spacial score (nSPS) is 10.6. The third-order valence-electron chi connectivity index (χ3n) is 1.74. The summed E-state index contributed by atoms with van der Waals surface area (Å²) in [6.45, 7) is 1.59. The summed E-state index contributed by atoms with van der Waals surface area (Å²) in [5.41, 5.74) is 3.52. The summed E-state index contributed by atoms with van der Waals surface area (Å²) in [6.07, 6.45) is -3.04. The van der Waals surface area contributed by atoms with Gasteiger partial charge in [-0.15, -0.1) is 0 Å². The number of nitrogen functional groups attached to an aromatic ring is 1. The monoisotopic (exact) mass is 234 g/mol. The number of esters is 1. The van der Waals surface area contributed by atoms with Crippen molar-refractivity contribution in [3.8, 4) is 0 Å². The maximum Gasteiger partial charge on any atom is 0.359 e. The van der Waals surface area contributed by atoms with Crippen LogP contribution in [0.3, 0.4) is 0 Å². The number of carbonyl (C=O) groups excluding carboxylic acids is 1. The first-order valence-corrected chi connectivity index (χ1v) is 4.38. The molecular formula is C9H9F3N2O2. The van der Waals surface area contributed by atoms with Gasteiger partial charge in [-0.25, -0.2) is 18.6 Å². The Labute approximate surface area is 89.2 Å². The van der Waals surface area contributed by atoms with Crippen LogP contribution >= 0.6 is 0 Å². The molecule has 1 rings (SSSR count). The predicted octanol–water partition coefficient (Wildman–Crippen LogP) is 1.92. The summed E-state index contributed by atoms with van der Waals surface area (Å²) in [7, 11) is 0. The van der Waals surface area contributed by atoms with E-state index in [1.54, 1.807) is 0 Å². The molecule has 0 atom stereocenters. The lowest BCUT2D eigenvalue weighted by Crippen LogP contribution is -2.13. The van der Waals surface area contributed by atoms with Crippen LogP contribution in [0.15, 0.2) is 6.07 Å². The van der Waals surface area contributed by atoms with Crippen molar-refractivity contribution in [2.45, 2.75) is 13.3 Å². The predicted molar refractivity (Wildman–Crippen MR) is 49.5 cm³/mol. The van der Waals surface area contributed by atoms with Crippen molar-refractivity contribution >= 4 is 11.7 Å². The first-order valence-electron chi connectivity index (χ1n) is 4.38. The third-order valence-corrected chi connectivity index (χ3v) is 1.74. The van der Waals surface area contributed by atoms with Gasteiger partial charge < -0.3 is 10.5 Å². The fraction of sp³-hybridized carbons (Fsp3) is 0.333. The van der Waals surface area contributed by atoms with Gasteiger partial charge in [-0.3, -0.25) is 0 Å². The molecule has 16 heavy (non-hydrogen) atoms. The van der Waals surface area contributed by atoms with Crippen molar-refractivity contribution < 1.29 is 22.7 Å². The zero-order valence-electron chi connectivity index (χ0n) is 8.34. The minimum absolute atomic E-state index is 0.0537. The number of pyridine rings is 1. The summed E-state index contributed by atoms with van der Waals surface area (Å²) in [6, 6.07) is 0.680. The summed E-state index contributed by atoms with van der Waals surface area (Å²) >= 11 is 0. The Hall–Kier alpha value is -1.79. The fourth-order valence-corrected chi connectivity index (χ4v) is 1.04. The van der Waals surface area contributed by atoms with Crippen LogP contribution in [-0.2, 0) is 4.74 Å². The van der Waals surface area contributed by atoms with Crippen LogP contribution in [0, 0.1) is 5.95 Å². The molecule has 88 valence electrons. The first kappa shape index (κ1) is 12.3. The minimum Gasteiger partial charge on any atom is -0.461 e. The summed E-state index contributed by atoms with van der Waals surface area (Å²) in [5.74, 6) is -2.37. The van der Waals surface area contributed by atoms with Crippen LogP contribution < -0.4 is 5.73 Å². The number of hydrogen-bond acceptors (Lipinski definition) is 4. The van der Waals surface area contributed by atoms with E-state index >= 15 is 0 Å². The largest absolute Gasteiger partial charge is 0.461 e. The van der Waals surface area contributed by atoms with E-state index in [9.17, 15) is 18.0 Å². The highest BCUT2D eigenvalue weighted by molar-refractivity contribution is 5.92. The topological polar surface area (TPSA) is 65.2 Å². The summed E-state index contributed by atoms with van der Waals surface area (Å²) in [5, 5.41) is 0. The molecule has 7 heteroatoms. The Kier molecular flexibility index (Phi) is 3.70. The molecule has 1 heterocycles. The van der Waals surface area contributed by atoms with Crippen LogP contribution in [-0.4, -0.2) is 17.6 Å². The number of alkyl halides is 2. The van der Waals surface area contributed by atoms with E-state index in [0.29, 0.717) is 6.07 Å². The van der Waals surface area contributed by atoms with Crippen LogP contribution in [0.25, 0.3) is 0 Å². The van der Waals surface area contributed by atoms with Crippen molar-refractivity contribution in [3.05, 3.63) is 23.3 Å². The smallest absolute Gasteiger partial charge is 0.359 e. The molecule has 0 saturated heterocycles. The van der Waals surface area contributed by atoms with Crippen molar-refractivity contribution in [1.82, 2.24) is 4.98 Å². The molecule has 0 aliphatic carbocycles. The van der Waals surface area contributed by atoms with Gasteiger partial charge in [0.25, 0.3) is 6.43 Å². The van der Waals surface area contributed by atoms with E-state index in [2.05, 4.69) is 9.72 Å². The van der Waals surface area contributed by atoms with Gasteiger partial charge in [0.1, 0.15) is 0 Å². The van der Waals surface area contributed by atoms with Crippen LogP contribution in [0.5, 0.6) is 0 Å². The van der Waals surface area contributed by atoms with E-state index in [-0.39, 0.29) is 12.3 Å². The number of ether oxygens (including phenoxy) is 1. The van der Waals surface area contributed by atoms with E-state index in [1.807, 2.05) is 0 Å². The standard InChI is InChI=1S/C9H9F3N2O2/c1-2-16-9(15)6-5(13)3-4(7(10)11)8(12)14-6/h3,7H,2,13H2,1H3. The summed E-state index contributed by atoms with van der Waals surface area (Å²) < 4.78 is 42.0. The molecule has 0 radical (unpaired) electrons. The number of anilines is 1. The van der Waals surface area contributed by atoms with Crippen LogP contribution in [0.4, 0.5) is 18.9 Å². The molecule has 0 bridgehead atoms. The highest BCUT2D eigenvalue weighted by atomic mass is 19.3. The van der Waals surface area contributed by atoms with Gasteiger partial charge in [-0.2, -0.15) is 4.39 Å². The van der Waals surface area contributed by atoms with Gasteiger partial charge in [0.05, 0.1) is 17.9 Å². The molecule has 0 unspecified atom stereocenters. The van der Waals surface area contributed by atoms with Gasteiger partial charge >= 0.3 is 5.97 Å². The number of rotatable bonds is 3. The average Bonchev–Trinajstić information content (AvgIpc) is 2.20. The number of halogens is 3. The molecule has 0 saturated carbocycles. The Morgan fingerprint density at radius 1 is 1.62 bits per heavy atom. The van der Waals surface area contributed by atoms with Crippen molar-refractivity contribution in [2.24, 2.45) is 0 Å². The zero-order chi connectivity index (χ0) is 12.3. The maximum absolute atomic E-state index is 13.0. The second kappa shape index (κ2) is 4.82. The average molecular weight is 234 g/mol. The van der Waals surface area contributed by atoms with E-state index < -0.39 is 29.6 Å². The molecule has 1 aromatic heterocycles. The zero-order valence-corrected chi connectivity index (χ0v) is 8.34. The second-order valence-corrected chi connectivity index (χ2v) is 2.83. The molecular weight excluding hydrogens is 225 g/mol. The molecule has 0 aliphatic rings. The van der Waals surface area contributed by atoms with E-state index in [4.69, 9.17) is 5.73 Å². The first-order chi connectivity index (χ1) is 7.47. The highest BCUT2D eigenvalue weighted by Gasteiger charge is 2.21. The second-order valence-electron chi connectivity index (χ2n) is 2.83. The SMILES string of the molecule is CCOC(=O)c1nc(F)c(C(F)F)cc1N. The lowest BCUT2D eigenvalue weighted by atomic mass is 10.2. The van der Waals surface area contributed by atoms with Crippen molar-refractivity contribution in [2.75, 3.05) is 12.3 Å². The van der Waals surface area contributed by atoms with Gasteiger partial charge in [0, 0.05) is 0 Å². The Morgan fingerprint density at radius 2 is 2.25 bits per heavy atom. The molecule has 2 N–H and O–H groups in total. The number of aromatic nitrogens is 1. The van der Waals surface area contributed by atoms with Gasteiger partial charge in [-0.05, 0) is 13.0 Å². The molecule has 4 nitrogen and oxygen atoms in total. The number of carbonyl (C=O) groups is 1. The molecule has 0 fully saturated rings. The highest BCUT2D eigenvalue weighted by Crippen LogP contribution is 2.24. The number of hydrogen-bond donors (Lipinski definition) is 1. The quantitative estimate of drug-likeness (QED) is 0.641. The van der Waals surface area contributed by atoms with Gasteiger partial charge in [-0.1, -0.05) is 0 Å². The summed E-state index contributed by atoms with van der Waals surface area (Å²) in [4.78, 5) is 14.2. The lowest BCUT2D eigenvalue weighted by molar-refractivity contribution is 0.0518. The maximum atomic E-state index is 13.0. The molecule has 0 amide bonds. The van der Waals surface area contributed by atoms with Crippen LogP contribution in [0.2, 0.25) is 0 Å².